The normalized spacial score (nSPS) is 9.68. The second-order valence-corrected chi connectivity index (χ2v) is 3.98. The molecule has 2 aromatic carbocycles. The van der Waals surface area contributed by atoms with Crippen LogP contribution in [0.15, 0.2) is 42.5 Å². The van der Waals surface area contributed by atoms with Gasteiger partial charge in [-0.05, 0) is 18.2 Å². The Morgan fingerprint density at radius 2 is 2.00 bits per heavy atom. The second-order valence-electron chi connectivity index (χ2n) is 3.98. The van der Waals surface area contributed by atoms with Crippen molar-refractivity contribution in [3.05, 3.63) is 53.6 Å². The molecular weight excluding hydrogens is 240 g/mol. The van der Waals surface area contributed by atoms with Gasteiger partial charge in [0.2, 0.25) is 0 Å². The van der Waals surface area contributed by atoms with Crippen molar-refractivity contribution in [2.24, 2.45) is 0 Å². The number of aromatic hydroxyl groups is 1. The lowest BCUT2D eigenvalue weighted by atomic mass is 10.1. The zero-order valence-electron chi connectivity index (χ0n) is 10.6. The number of methoxy groups -OCH3 is 1. The lowest BCUT2D eigenvalue weighted by Gasteiger charge is -2.13. The highest BCUT2D eigenvalue weighted by molar-refractivity contribution is 5.66. The largest absolute Gasteiger partial charge is 0.508 e. The minimum Gasteiger partial charge on any atom is -0.508 e. The molecule has 0 aromatic heterocycles. The maximum absolute atomic E-state index is 9.71. The van der Waals surface area contributed by atoms with Crippen molar-refractivity contribution in [3.63, 3.8) is 0 Å². The number of benzene rings is 2. The molecule has 0 heterocycles. The van der Waals surface area contributed by atoms with E-state index in [0.717, 1.165) is 5.56 Å². The van der Waals surface area contributed by atoms with Gasteiger partial charge < -0.3 is 15.2 Å². The van der Waals surface area contributed by atoms with Gasteiger partial charge in [-0.1, -0.05) is 24.3 Å². The molecule has 0 spiro atoms. The van der Waals surface area contributed by atoms with E-state index >= 15 is 0 Å². The van der Waals surface area contributed by atoms with E-state index in [1.165, 1.54) is 0 Å². The van der Waals surface area contributed by atoms with Crippen LogP contribution in [-0.2, 0) is 6.54 Å². The molecule has 4 nitrogen and oxygen atoms in total. The summed E-state index contributed by atoms with van der Waals surface area (Å²) in [6.45, 7) is 0.418. The lowest BCUT2D eigenvalue weighted by Crippen LogP contribution is -2.03. The van der Waals surface area contributed by atoms with E-state index in [4.69, 9.17) is 10.00 Å². The summed E-state index contributed by atoms with van der Waals surface area (Å²) >= 11 is 0. The molecule has 0 bridgehead atoms. The summed E-state index contributed by atoms with van der Waals surface area (Å²) in [5.41, 5.74) is 1.91. The third kappa shape index (κ3) is 2.78. The van der Waals surface area contributed by atoms with Gasteiger partial charge in [0, 0.05) is 12.1 Å². The lowest BCUT2D eigenvalue weighted by molar-refractivity contribution is 0.416. The Morgan fingerprint density at radius 1 is 1.21 bits per heavy atom. The maximum Gasteiger partial charge on any atom is 0.143 e. The van der Waals surface area contributed by atoms with E-state index in [2.05, 4.69) is 11.4 Å². The number of phenolic OH excluding ortho intramolecular Hbond substituents is 1. The quantitative estimate of drug-likeness (QED) is 0.880. The molecule has 96 valence electrons. The number of hydrogen-bond acceptors (Lipinski definition) is 4. The number of para-hydroxylation sites is 2. The van der Waals surface area contributed by atoms with Crippen LogP contribution in [-0.4, -0.2) is 12.2 Å². The van der Waals surface area contributed by atoms with Gasteiger partial charge in [-0.2, -0.15) is 5.26 Å². The minimum atomic E-state index is 0.225. The van der Waals surface area contributed by atoms with Crippen molar-refractivity contribution >= 4 is 5.69 Å². The number of nitrogens with one attached hydrogen (secondary N) is 1. The highest BCUT2D eigenvalue weighted by atomic mass is 16.5. The molecule has 2 rings (SSSR count). The van der Waals surface area contributed by atoms with Crippen molar-refractivity contribution in [1.82, 2.24) is 0 Å². The van der Waals surface area contributed by atoms with Crippen molar-refractivity contribution < 1.29 is 9.84 Å². The Balaban J connectivity index is 2.25. The molecule has 0 saturated carbocycles. The van der Waals surface area contributed by atoms with Crippen LogP contribution in [0.3, 0.4) is 0 Å². The van der Waals surface area contributed by atoms with Gasteiger partial charge in [0.15, 0.2) is 0 Å². The first-order valence-corrected chi connectivity index (χ1v) is 5.84. The first kappa shape index (κ1) is 12.8. The summed E-state index contributed by atoms with van der Waals surface area (Å²) in [4.78, 5) is 0. The topological polar surface area (TPSA) is 65.3 Å². The van der Waals surface area contributed by atoms with Crippen LogP contribution in [0.5, 0.6) is 11.5 Å². The molecule has 0 aliphatic carbocycles. The predicted molar refractivity (Wildman–Crippen MR) is 73.1 cm³/mol. The molecule has 0 aliphatic rings. The van der Waals surface area contributed by atoms with Crippen molar-refractivity contribution in [2.45, 2.75) is 6.54 Å². The molecule has 0 fully saturated rings. The summed E-state index contributed by atoms with van der Waals surface area (Å²) in [6.07, 6.45) is 0. The summed E-state index contributed by atoms with van der Waals surface area (Å²) in [6, 6.07) is 14.5. The second kappa shape index (κ2) is 5.78. The summed E-state index contributed by atoms with van der Waals surface area (Å²) in [7, 11) is 1.56. The molecule has 0 saturated heterocycles. The van der Waals surface area contributed by atoms with Gasteiger partial charge in [0.05, 0.1) is 18.4 Å². The number of nitriles is 1. The molecule has 0 aliphatic heterocycles. The van der Waals surface area contributed by atoms with Gasteiger partial charge in [-0.25, -0.2) is 0 Å². The number of hydrogen-bond donors (Lipinski definition) is 2. The number of ether oxygens (including phenoxy) is 1. The van der Waals surface area contributed by atoms with E-state index in [1.807, 2.05) is 12.1 Å². The van der Waals surface area contributed by atoms with E-state index in [-0.39, 0.29) is 5.75 Å². The number of nitrogens with zero attached hydrogens (tertiary/aromatic N) is 1. The first-order valence-electron chi connectivity index (χ1n) is 5.84. The van der Waals surface area contributed by atoms with Gasteiger partial charge in [0.25, 0.3) is 0 Å². The first-order chi connectivity index (χ1) is 9.26. The van der Waals surface area contributed by atoms with E-state index in [1.54, 1.807) is 37.4 Å². The highest BCUT2D eigenvalue weighted by Gasteiger charge is 2.09. The fourth-order valence-corrected chi connectivity index (χ4v) is 1.82. The van der Waals surface area contributed by atoms with Gasteiger partial charge in [-0.3, -0.25) is 0 Å². The van der Waals surface area contributed by atoms with Crippen LogP contribution in [0, 0.1) is 11.3 Å². The molecule has 2 aromatic rings. The van der Waals surface area contributed by atoms with Crippen LogP contribution in [0.2, 0.25) is 0 Å². The molecular formula is C15H14N2O2. The van der Waals surface area contributed by atoms with Crippen LogP contribution in [0.25, 0.3) is 0 Å². The molecule has 0 amide bonds. The highest BCUT2D eigenvalue weighted by Crippen LogP contribution is 2.29. The Labute approximate surface area is 111 Å². The zero-order chi connectivity index (χ0) is 13.7. The minimum absolute atomic E-state index is 0.225. The molecule has 4 heteroatoms. The number of rotatable bonds is 4. The molecule has 19 heavy (non-hydrogen) atoms. The fraction of sp³-hybridized carbons (Fsp3) is 0.133. The average molecular weight is 254 g/mol. The molecule has 0 radical (unpaired) electrons. The monoisotopic (exact) mass is 254 g/mol. The average Bonchev–Trinajstić information content (AvgIpc) is 2.46. The Kier molecular flexibility index (Phi) is 3.89. The van der Waals surface area contributed by atoms with Crippen molar-refractivity contribution in [3.8, 4) is 17.6 Å². The van der Waals surface area contributed by atoms with Crippen LogP contribution in [0.4, 0.5) is 5.69 Å². The maximum atomic E-state index is 9.71. The third-order valence-electron chi connectivity index (χ3n) is 2.81. The molecule has 0 atom stereocenters. The van der Waals surface area contributed by atoms with Gasteiger partial charge in [-0.15, -0.1) is 0 Å². The Bertz CT molecular complexity index is 618. The predicted octanol–water partition coefficient (Wildman–Crippen LogP) is 2.88. The van der Waals surface area contributed by atoms with Crippen molar-refractivity contribution in [2.75, 3.05) is 12.4 Å². The SMILES string of the molecule is COc1cccc(C#N)c1NCc1ccccc1O. The van der Waals surface area contributed by atoms with E-state index in [0.29, 0.717) is 23.5 Å². The standard InChI is InChI=1S/C15H14N2O2/c1-19-14-8-4-6-11(9-16)15(14)17-10-12-5-2-3-7-13(12)18/h2-8,17-18H,10H2,1H3. The van der Waals surface area contributed by atoms with Crippen LogP contribution >= 0.6 is 0 Å². The summed E-state index contributed by atoms with van der Waals surface area (Å²) in [5, 5.41) is 21.9. The number of anilines is 1. The van der Waals surface area contributed by atoms with Crippen LogP contribution in [0.1, 0.15) is 11.1 Å². The van der Waals surface area contributed by atoms with Crippen LogP contribution < -0.4 is 10.1 Å². The van der Waals surface area contributed by atoms with E-state index in [9.17, 15) is 5.11 Å². The summed E-state index contributed by atoms with van der Waals surface area (Å²) < 4.78 is 5.23. The summed E-state index contributed by atoms with van der Waals surface area (Å²) in [5.74, 6) is 0.831. The smallest absolute Gasteiger partial charge is 0.143 e. The third-order valence-corrected chi connectivity index (χ3v) is 2.81. The Hall–Kier alpha value is -2.67. The number of phenols is 1. The Morgan fingerprint density at radius 3 is 2.68 bits per heavy atom. The molecule has 0 unspecified atom stereocenters. The fourth-order valence-electron chi connectivity index (χ4n) is 1.82. The van der Waals surface area contributed by atoms with Gasteiger partial charge >= 0.3 is 0 Å². The van der Waals surface area contributed by atoms with Crippen molar-refractivity contribution in [1.29, 1.82) is 5.26 Å². The van der Waals surface area contributed by atoms with Gasteiger partial charge in [0.1, 0.15) is 17.6 Å². The molecule has 2 N–H and O–H groups in total. The van der Waals surface area contributed by atoms with E-state index < -0.39 is 0 Å². The zero-order valence-corrected chi connectivity index (χ0v) is 10.6.